The predicted octanol–water partition coefficient (Wildman–Crippen LogP) is 11.4. The summed E-state index contributed by atoms with van der Waals surface area (Å²) in [5.41, 5.74) is 0. The average Bonchev–Trinajstić information content (AvgIpc) is 3.05. The third-order valence-electron chi connectivity index (χ3n) is 8.13. The Labute approximate surface area is 293 Å². The highest BCUT2D eigenvalue weighted by atomic mass is 31.2. The van der Waals surface area contributed by atoms with Crippen LogP contribution in [0.15, 0.2) is 36.5 Å². The molecule has 0 aromatic carbocycles. The maximum absolute atomic E-state index is 12.3. The zero-order valence-corrected chi connectivity index (χ0v) is 31.5. The zero-order chi connectivity index (χ0) is 35.4. The molecule has 1 atom stereocenters. The molecule has 0 rings (SSSR count). The second kappa shape index (κ2) is 35.1. The minimum absolute atomic E-state index is 0.194. The molecule has 0 saturated heterocycles. The average molecular weight is 699 g/mol. The van der Waals surface area contributed by atoms with Crippen LogP contribution >= 0.6 is 7.82 Å². The molecule has 0 bridgehead atoms. The van der Waals surface area contributed by atoms with E-state index in [1.54, 1.807) is 0 Å². The maximum Gasteiger partial charge on any atom is 0.469 e. The van der Waals surface area contributed by atoms with Gasteiger partial charge in [-0.1, -0.05) is 140 Å². The van der Waals surface area contributed by atoms with Crippen molar-refractivity contribution in [1.29, 1.82) is 0 Å². The fourth-order valence-corrected chi connectivity index (χ4v) is 5.57. The van der Waals surface area contributed by atoms with Gasteiger partial charge in [-0.15, -0.1) is 0 Å². The first-order valence-electron chi connectivity index (χ1n) is 19.3. The highest BCUT2D eigenvalue weighted by Gasteiger charge is 2.22. The molecule has 0 saturated carbocycles. The Balaban J connectivity index is 3.99. The second-order valence-corrected chi connectivity index (χ2v) is 14.1. The van der Waals surface area contributed by atoms with Crippen molar-refractivity contribution < 1.29 is 37.9 Å². The number of rotatable bonds is 35. The van der Waals surface area contributed by atoms with Crippen molar-refractivity contribution in [2.45, 2.75) is 187 Å². The van der Waals surface area contributed by atoms with Gasteiger partial charge in [-0.2, -0.15) is 0 Å². The van der Waals surface area contributed by atoms with E-state index in [1.807, 2.05) is 0 Å². The number of allylic oxidation sites excluding steroid dienone is 6. The first-order valence-corrected chi connectivity index (χ1v) is 20.8. The van der Waals surface area contributed by atoms with Crippen molar-refractivity contribution in [3.8, 4) is 0 Å². The summed E-state index contributed by atoms with van der Waals surface area (Å²) in [6.45, 7) is 3.61. The monoisotopic (exact) mass is 698 g/mol. The molecule has 0 spiro atoms. The van der Waals surface area contributed by atoms with Crippen LogP contribution in [-0.2, 0) is 28.2 Å². The molecule has 0 aliphatic heterocycles. The van der Waals surface area contributed by atoms with Crippen LogP contribution in [0.4, 0.5) is 0 Å². The summed E-state index contributed by atoms with van der Waals surface area (Å²) in [7, 11) is -4.75. The van der Waals surface area contributed by atoms with E-state index < -0.39 is 32.5 Å². The minimum Gasteiger partial charge on any atom is -0.462 e. The fraction of sp³-hybridized carbons (Fsp3) is 0.795. The van der Waals surface area contributed by atoms with Gasteiger partial charge in [0.15, 0.2) is 6.10 Å². The van der Waals surface area contributed by atoms with E-state index >= 15 is 0 Å². The summed E-state index contributed by atoms with van der Waals surface area (Å²) < 4.78 is 26.3. The van der Waals surface area contributed by atoms with Crippen LogP contribution in [0, 0.1) is 0 Å². The van der Waals surface area contributed by atoms with Crippen LogP contribution in [0.3, 0.4) is 0 Å². The molecule has 2 N–H and O–H groups in total. The molecular formula is C39H71O8P. The van der Waals surface area contributed by atoms with E-state index in [-0.39, 0.29) is 19.4 Å². The standard InChI is InChI=1S/C39H71O8P/c1-3-5-7-9-11-13-15-17-19-20-22-23-25-27-29-31-33-38(40)45-35-37(36-46-48(42,43)44)47-39(41)34-32-30-28-26-24-21-18-16-14-12-10-8-6-4-2/h10,12,16,18-20,37H,3-9,11,13-15,17,21-36H2,1-2H3,(H2,42,43,44)/b12-10-,18-16-,20-19-/t37-/m1/s1. The molecule has 0 aliphatic carbocycles. The Kier molecular flexibility index (Phi) is 33.8. The van der Waals surface area contributed by atoms with Gasteiger partial charge in [-0.25, -0.2) is 4.57 Å². The van der Waals surface area contributed by atoms with E-state index in [4.69, 9.17) is 19.3 Å². The van der Waals surface area contributed by atoms with Crippen molar-refractivity contribution >= 4 is 19.8 Å². The number of ether oxygens (including phenoxy) is 2. The first-order chi connectivity index (χ1) is 23.3. The number of hydrogen-bond acceptors (Lipinski definition) is 6. The third kappa shape index (κ3) is 37.1. The SMILES string of the molecule is CCCC/C=C\C/C=C\CCCCCCCC(=O)O[C@H](COC(=O)CCCCCCC/C=C\CCCCCCCCC)COP(=O)(O)O. The van der Waals surface area contributed by atoms with E-state index in [0.29, 0.717) is 12.8 Å². The van der Waals surface area contributed by atoms with Gasteiger partial charge in [0.05, 0.1) is 6.61 Å². The van der Waals surface area contributed by atoms with Gasteiger partial charge in [-0.05, 0) is 64.2 Å². The van der Waals surface area contributed by atoms with Gasteiger partial charge >= 0.3 is 19.8 Å². The number of phosphoric ester groups is 1. The van der Waals surface area contributed by atoms with Crippen molar-refractivity contribution in [2.75, 3.05) is 13.2 Å². The Morgan fingerprint density at radius 2 is 0.958 bits per heavy atom. The molecule has 48 heavy (non-hydrogen) atoms. The first kappa shape index (κ1) is 46.3. The Morgan fingerprint density at radius 3 is 1.46 bits per heavy atom. The Morgan fingerprint density at radius 1 is 0.542 bits per heavy atom. The summed E-state index contributed by atoms with van der Waals surface area (Å²) in [5.74, 6) is -0.910. The summed E-state index contributed by atoms with van der Waals surface area (Å²) >= 11 is 0. The quantitative estimate of drug-likeness (QED) is 0.0290. The molecule has 0 unspecified atom stereocenters. The smallest absolute Gasteiger partial charge is 0.462 e. The van der Waals surface area contributed by atoms with Gasteiger partial charge in [-0.3, -0.25) is 14.1 Å². The van der Waals surface area contributed by atoms with Crippen LogP contribution < -0.4 is 0 Å². The largest absolute Gasteiger partial charge is 0.469 e. The topological polar surface area (TPSA) is 119 Å². The lowest BCUT2D eigenvalue weighted by molar-refractivity contribution is -0.161. The summed E-state index contributed by atoms with van der Waals surface area (Å²) in [6.07, 6.45) is 40.0. The number of esters is 2. The van der Waals surface area contributed by atoms with Gasteiger partial charge < -0.3 is 19.3 Å². The van der Waals surface area contributed by atoms with E-state index in [2.05, 4.69) is 54.8 Å². The highest BCUT2D eigenvalue weighted by molar-refractivity contribution is 7.46. The van der Waals surface area contributed by atoms with E-state index in [0.717, 1.165) is 77.0 Å². The molecule has 280 valence electrons. The van der Waals surface area contributed by atoms with Gasteiger partial charge in [0.1, 0.15) is 6.61 Å². The van der Waals surface area contributed by atoms with Crippen LogP contribution in [0.25, 0.3) is 0 Å². The van der Waals surface area contributed by atoms with E-state index in [1.165, 1.54) is 64.2 Å². The van der Waals surface area contributed by atoms with Crippen LogP contribution in [0.5, 0.6) is 0 Å². The van der Waals surface area contributed by atoms with Gasteiger partial charge in [0.25, 0.3) is 0 Å². The van der Waals surface area contributed by atoms with Crippen LogP contribution in [-0.4, -0.2) is 41.0 Å². The molecule has 0 aromatic rings. The zero-order valence-electron chi connectivity index (χ0n) is 30.6. The van der Waals surface area contributed by atoms with Gasteiger partial charge in [0.2, 0.25) is 0 Å². The molecule has 0 aromatic heterocycles. The molecule has 0 fully saturated rings. The number of hydrogen-bond donors (Lipinski definition) is 2. The predicted molar refractivity (Wildman–Crippen MR) is 198 cm³/mol. The van der Waals surface area contributed by atoms with Crippen LogP contribution in [0.2, 0.25) is 0 Å². The number of unbranched alkanes of at least 4 members (excludes halogenated alkanes) is 19. The lowest BCUT2D eigenvalue weighted by atomic mass is 10.1. The molecule has 8 nitrogen and oxygen atoms in total. The maximum atomic E-state index is 12.3. The number of carbonyl (C=O) groups is 2. The lowest BCUT2D eigenvalue weighted by Gasteiger charge is -2.18. The number of carbonyl (C=O) groups excluding carboxylic acids is 2. The van der Waals surface area contributed by atoms with Crippen molar-refractivity contribution in [3.63, 3.8) is 0 Å². The summed E-state index contributed by atoms with van der Waals surface area (Å²) in [4.78, 5) is 42.7. The van der Waals surface area contributed by atoms with Gasteiger partial charge in [0, 0.05) is 12.8 Å². The molecular weight excluding hydrogens is 627 g/mol. The third-order valence-corrected chi connectivity index (χ3v) is 8.62. The number of phosphoric acid groups is 1. The molecule has 0 amide bonds. The Bertz CT molecular complexity index is 879. The second-order valence-electron chi connectivity index (χ2n) is 12.9. The van der Waals surface area contributed by atoms with E-state index in [9.17, 15) is 14.2 Å². The molecule has 9 heteroatoms. The Hall–Kier alpha value is -1.73. The normalized spacial score (nSPS) is 12.8. The summed E-state index contributed by atoms with van der Waals surface area (Å²) in [6, 6.07) is 0. The highest BCUT2D eigenvalue weighted by Crippen LogP contribution is 2.36. The lowest BCUT2D eigenvalue weighted by Crippen LogP contribution is -2.29. The molecule has 0 aliphatic rings. The molecule has 0 radical (unpaired) electrons. The van der Waals surface area contributed by atoms with Crippen molar-refractivity contribution in [1.82, 2.24) is 0 Å². The van der Waals surface area contributed by atoms with Crippen molar-refractivity contribution in [3.05, 3.63) is 36.5 Å². The minimum atomic E-state index is -4.75. The fourth-order valence-electron chi connectivity index (χ4n) is 5.21. The van der Waals surface area contributed by atoms with Crippen LogP contribution in [0.1, 0.15) is 181 Å². The van der Waals surface area contributed by atoms with Crippen molar-refractivity contribution in [2.24, 2.45) is 0 Å². The molecule has 0 heterocycles. The summed E-state index contributed by atoms with van der Waals surface area (Å²) in [5, 5.41) is 0.